The van der Waals surface area contributed by atoms with Crippen molar-refractivity contribution in [1.82, 2.24) is 4.98 Å². The zero-order valence-corrected chi connectivity index (χ0v) is 10.5. The number of aromatic nitrogens is 1. The van der Waals surface area contributed by atoms with Gasteiger partial charge >= 0.3 is 0 Å². The summed E-state index contributed by atoms with van der Waals surface area (Å²) in [5.74, 6) is 1.31. The summed E-state index contributed by atoms with van der Waals surface area (Å²) in [4.78, 5) is 16.5. The molecule has 2 N–H and O–H groups in total. The quantitative estimate of drug-likeness (QED) is 0.650. The van der Waals surface area contributed by atoms with E-state index in [1.807, 2.05) is 0 Å². The second-order valence-electron chi connectivity index (χ2n) is 4.75. The van der Waals surface area contributed by atoms with Gasteiger partial charge in [0.2, 0.25) is 0 Å². The normalized spacial score (nSPS) is 24.0. The first-order valence-electron chi connectivity index (χ1n) is 6.20. The molecule has 1 aliphatic heterocycles. The summed E-state index contributed by atoms with van der Waals surface area (Å²) in [5.41, 5.74) is 5.84. The highest BCUT2D eigenvalue weighted by atomic mass is 16.6. The third-order valence-corrected chi connectivity index (χ3v) is 3.59. The van der Waals surface area contributed by atoms with Crippen LogP contribution in [-0.2, 0) is 0 Å². The van der Waals surface area contributed by atoms with Gasteiger partial charge in [0, 0.05) is 25.2 Å². The van der Waals surface area contributed by atoms with E-state index in [1.165, 1.54) is 18.7 Å². The van der Waals surface area contributed by atoms with Crippen molar-refractivity contribution in [1.29, 1.82) is 0 Å². The molecule has 0 spiro atoms. The molecule has 0 amide bonds. The van der Waals surface area contributed by atoms with E-state index in [-0.39, 0.29) is 11.7 Å². The van der Waals surface area contributed by atoms with E-state index in [0.29, 0.717) is 12.5 Å². The maximum absolute atomic E-state index is 10.6. The third kappa shape index (κ3) is 2.43. The Kier molecular flexibility index (Phi) is 3.76. The average molecular weight is 250 g/mol. The summed E-state index contributed by atoms with van der Waals surface area (Å²) in [6.45, 7) is 3.69. The predicted molar refractivity (Wildman–Crippen MR) is 69.5 cm³/mol. The van der Waals surface area contributed by atoms with Crippen molar-refractivity contribution in [2.45, 2.75) is 25.8 Å². The smallest absolute Gasteiger partial charge is 0.287 e. The molecule has 1 aromatic rings. The summed E-state index contributed by atoms with van der Waals surface area (Å²) in [7, 11) is 0. The minimum Gasteiger partial charge on any atom is -0.352 e. The van der Waals surface area contributed by atoms with Crippen LogP contribution in [0.3, 0.4) is 0 Å². The Morgan fingerprint density at radius 1 is 1.61 bits per heavy atom. The molecule has 98 valence electrons. The fourth-order valence-corrected chi connectivity index (χ4v) is 2.55. The van der Waals surface area contributed by atoms with Crippen molar-refractivity contribution >= 4 is 11.5 Å². The van der Waals surface area contributed by atoms with Gasteiger partial charge < -0.3 is 10.6 Å². The Hall–Kier alpha value is -1.69. The van der Waals surface area contributed by atoms with Crippen LogP contribution in [0.4, 0.5) is 11.5 Å². The number of hydrogen-bond donors (Lipinski definition) is 1. The lowest BCUT2D eigenvalue weighted by Gasteiger charge is -2.40. The molecule has 6 nitrogen and oxygen atoms in total. The van der Waals surface area contributed by atoms with E-state index in [4.69, 9.17) is 5.73 Å². The molecule has 0 aromatic carbocycles. The van der Waals surface area contributed by atoms with Crippen molar-refractivity contribution in [3.63, 3.8) is 0 Å². The molecule has 2 atom stereocenters. The molecule has 2 unspecified atom stereocenters. The molecule has 0 bridgehead atoms. The molecule has 0 radical (unpaired) electrons. The molecule has 0 aliphatic carbocycles. The summed E-state index contributed by atoms with van der Waals surface area (Å²) in [5, 5.41) is 10.6. The monoisotopic (exact) mass is 250 g/mol. The van der Waals surface area contributed by atoms with Crippen LogP contribution in [0.25, 0.3) is 0 Å². The molecule has 1 aromatic heterocycles. The van der Waals surface area contributed by atoms with Gasteiger partial charge in [-0.15, -0.1) is 0 Å². The lowest BCUT2D eigenvalue weighted by Crippen LogP contribution is -2.49. The molecule has 1 fully saturated rings. The Morgan fingerprint density at radius 3 is 2.94 bits per heavy atom. The Labute approximate surface area is 106 Å². The first-order valence-corrected chi connectivity index (χ1v) is 6.20. The number of piperidine rings is 1. The standard InChI is InChI=1S/C12H18N4O2/c1-9-3-2-6-15(11(9)7-13)12-5-4-10(8-14-12)16(17)18/h4-5,8-9,11H,2-3,6-7,13H2,1H3. The van der Waals surface area contributed by atoms with Crippen LogP contribution < -0.4 is 10.6 Å². The number of pyridine rings is 1. The van der Waals surface area contributed by atoms with E-state index in [2.05, 4.69) is 16.8 Å². The zero-order valence-electron chi connectivity index (χ0n) is 10.5. The van der Waals surface area contributed by atoms with Crippen LogP contribution in [0.2, 0.25) is 0 Å². The second kappa shape index (κ2) is 5.30. The zero-order chi connectivity index (χ0) is 13.1. The molecule has 1 aliphatic rings. The van der Waals surface area contributed by atoms with Gasteiger partial charge in [0.1, 0.15) is 12.0 Å². The third-order valence-electron chi connectivity index (χ3n) is 3.59. The predicted octanol–water partition coefficient (Wildman–Crippen LogP) is 1.55. The van der Waals surface area contributed by atoms with Crippen LogP contribution in [-0.4, -0.2) is 29.0 Å². The van der Waals surface area contributed by atoms with Crippen molar-refractivity contribution in [3.05, 3.63) is 28.4 Å². The number of rotatable bonds is 3. The highest BCUT2D eigenvalue weighted by Gasteiger charge is 2.28. The van der Waals surface area contributed by atoms with Gasteiger partial charge in [0.05, 0.1) is 4.92 Å². The fourth-order valence-electron chi connectivity index (χ4n) is 2.55. The van der Waals surface area contributed by atoms with Gasteiger partial charge in [-0.1, -0.05) is 6.92 Å². The van der Waals surface area contributed by atoms with Crippen LogP contribution in [0.1, 0.15) is 19.8 Å². The first-order chi connectivity index (χ1) is 8.63. The van der Waals surface area contributed by atoms with Gasteiger partial charge in [-0.2, -0.15) is 0 Å². The van der Waals surface area contributed by atoms with Crippen LogP contribution in [0.15, 0.2) is 18.3 Å². The SMILES string of the molecule is CC1CCCN(c2ccc([N+](=O)[O-])cn2)C1CN. The molecule has 1 saturated heterocycles. The number of anilines is 1. The molecule has 2 heterocycles. The Bertz CT molecular complexity index is 421. The lowest BCUT2D eigenvalue weighted by atomic mass is 9.91. The first kappa shape index (κ1) is 12.8. The summed E-state index contributed by atoms with van der Waals surface area (Å²) in [6.07, 6.45) is 3.59. The topological polar surface area (TPSA) is 85.3 Å². The van der Waals surface area contributed by atoms with E-state index >= 15 is 0 Å². The van der Waals surface area contributed by atoms with Crippen LogP contribution >= 0.6 is 0 Å². The maximum Gasteiger partial charge on any atom is 0.287 e. The van der Waals surface area contributed by atoms with Gasteiger partial charge in [-0.25, -0.2) is 4.98 Å². The minimum absolute atomic E-state index is 0.0214. The van der Waals surface area contributed by atoms with Crippen molar-refractivity contribution in [2.24, 2.45) is 11.7 Å². The maximum atomic E-state index is 10.6. The second-order valence-corrected chi connectivity index (χ2v) is 4.75. The van der Waals surface area contributed by atoms with Gasteiger partial charge in [0.15, 0.2) is 0 Å². The van der Waals surface area contributed by atoms with E-state index < -0.39 is 4.92 Å². The van der Waals surface area contributed by atoms with E-state index in [0.717, 1.165) is 18.8 Å². The summed E-state index contributed by atoms with van der Waals surface area (Å²) < 4.78 is 0. The minimum atomic E-state index is -0.435. The molecular weight excluding hydrogens is 232 g/mol. The highest BCUT2D eigenvalue weighted by molar-refractivity contribution is 5.44. The number of nitrogens with two attached hydrogens (primary N) is 1. The van der Waals surface area contributed by atoms with Gasteiger partial charge in [-0.05, 0) is 24.8 Å². The molecule has 2 rings (SSSR count). The Balaban J connectivity index is 2.21. The molecule has 18 heavy (non-hydrogen) atoms. The number of hydrogen-bond acceptors (Lipinski definition) is 5. The van der Waals surface area contributed by atoms with E-state index in [1.54, 1.807) is 6.07 Å². The fraction of sp³-hybridized carbons (Fsp3) is 0.583. The number of nitrogens with zero attached hydrogens (tertiary/aromatic N) is 3. The van der Waals surface area contributed by atoms with Crippen LogP contribution in [0, 0.1) is 16.0 Å². The highest BCUT2D eigenvalue weighted by Crippen LogP contribution is 2.27. The van der Waals surface area contributed by atoms with Crippen molar-refractivity contribution in [3.8, 4) is 0 Å². The van der Waals surface area contributed by atoms with Crippen molar-refractivity contribution in [2.75, 3.05) is 18.0 Å². The molecule has 0 saturated carbocycles. The largest absolute Gasteiger partial charge is 0.352 e. The Morgan fingerprint density at radius 2 is 2.39 bits per heavy atom. The van der Waals surface area contributed by atoms with E-state index in [9.17, 15) is 10.1 Å². The average Bonchev–Trinajstić information content (AvgIpc) is 2.38. The van der Waals surface area contributed by atoms with Gasteiger partial charge in [0.25, 0.3) is 5.69 Å². The molecular formula is C12H18N4O2. The lowest BCUT2D eigenvalue weighted by molar-refractivity contribution is -0.385. The number of nitro groups is 1. The molecule has 6 heteroatoms. The van der Waals surface area contributed by atoms with Gasteiger partial charge in [-0.3, -0.25) is 10.1 Å². The van der Waals surface area contributed by atoms with Crippen molar-refractivity contribution < 1.29 is 4.92 Å². The summed E-state index contributed by atoms with van der Waals surface area (Å²) in [6, 6.07) is 3.47. The van der Waals surface area contributed by atoms with Crippen LogP contribution in [0.5, 0.6) is 0 Å². The summed E-state index contributed by atoms with van der Waals surface area (Å²) >= 11 is 0.